The van der Waals surface area contributed by atoms with Gasteiger partial charge in [-0.1, -0.05) is 0 Å². The van der Waals surface area contributed by atoms with Gasteiger partial charge in [0.05, 0.1) is 16.7 Å². The second-order valence-corrected chi connectivity index (χ2v) is 2.81. The van der Waals surface area contributed by atoms with Crippen molar-refractivity contribution >= 4 is 17.8 Å². The minimum absolute atomic E-state index is 0.247. The maximum atomic E-state index is 11.1. The summed E-state index contributed by atoms with van der Waals surface area (Å²) in [5.74, 6) is -3.78. The van der Waals surface area contributed by atoms with E-state index in [4.69, 9.17) is 15.4 Å². The van der Waals surface area contributed by atoms with Crippen LogP contribution in [0.15, 0.2) is 18.2 Å². The lowest BCUT2D eigenvalue weighted by molar-refractivity contribution is 0.0657. The number of aromatic carboxylic acids is 2. The van der Waals surface area contributed by atoms with Crippen molar-refractivity contribution in [2.45, 2.75) is 0 Å². The van der Waals surface area contributed by atoms with Crippen LogP contribution in [0.5, 0.6) is 0 Å². The lowest BCUT2D eigenvalue weighted by Crippen LogP contribution is -2.22. The second-order valence-electron chi connectivity index (χ2n) is 2.81. The predicted octanol–water partition coefficient (Wildman–Crippen LogP) is 0.202. The second kappa shape index (κ2) is 4.41. The number of carboxylic acids is 2. The van der Waals surface area contributed by atoms with Crippen molar-refractivity contribution in [2.75, 3.05) is 0 Å². The predicted molar refractivity (Wildman–Crippen MR) is 49.6 cm³/mol. The number of rotatable bonds is 3. The molecule has 0 radical (unpaired) electrons. The van der Waals surface area contributed by atoms with Crippen LogP contribution >= 0.6 is 0 Å². The van der Waals surface area contributed by atoms with E-state index >= 15 is 0 Å². The van der Waals surface area contributed by atoms with Crippen molar-refractivity contribution in [3.8, 4) is 0 Å². The molecule has 1 amide bonds. The van der Waals surface area contributed by atoms with E-state index in [1.165, 1.54) is 5.48 Å². The van der Waals surface area contributed by atoms with E-state index in [1.54, 1.807) is 0 Å². The molecule has 1 rings (SSSR count). The molecule has 0 fully saturated rings. The number of carbonyl (C=O) groups excluding carboxylic acids is 1. The summed E-state index contributed by atoms with van der Waals surface area (Å²) >= 11 is 0. The molecular weight excluding hydrogens is 218 g/mol. The van der Waals surface area contributed by atoms with E-state index < -0.39 is 29.0 Å². The summed E-state index contributed by atoms with van der Waals surface area (Å²) in [6.07, 6.45) is 0. The van der Waals surface area contributed by atoms with E-state index in [1.807, 2.05) is 0 Å². The Morgan fingerprint density at radius 3 is 2.06 bits per heavy atom. The van der Waals surface area contributed by atoms with Crippen molar-refractivity contribution in [2.24, 2.45) is 0 Å². The Balaban J connectivity index is 3.38. The van der Waals surface area contributed by atoms with Crippen LogP contribution in [-0.4, -0.2) is 33.3 Å². The minimum atomic E-state index is -1.39. The number of carbonyl (C=O) groups is 3. The lowest BCUT2D eigenvalue weighted by atomic mass is 10.0. The standard InChI is InChI=1S/C9H7NO6/c11-7(10-16)6-3-4(8(12)13)1-2-5(6)9(14)15/h1-3,16H,(H,10,11)(H,12,13)(H,14,15). The molecule has 0 bridgehead atoms. The molecule has 1 aromatic carbocycles. The largest absolute Gasteiger partial charge is 0.478 e. The van der Waals surface area contributed by atoms with E-state index in [0.29, 0.717) is 0 Å². The van der Waals surface area contributed by atoms with Crippen LogP contribution in [0.2, 0.25) is 0 Å². The van der Waals surface area contributed by atoms with Crippen LogP contribution in [0.1, 0.15) is 31.1 Å². The highest BCUT2D eigenvalue weighted by molar-refractivity contribution is 6.06. The summed E-state index contributed by atoms with van der Waals surface area (Å²) in [7, 11) is 0. The van der Waals surface area contributed by atoms with Crippen LogP contribution in [-0.2, 0) is 0 Å². The van der Waals surface area contributed by atoms with E-state index in [-0.39, 0.29) is 5.56 Å². The van der Waals surface area contributed by atoms with Crippen molar-refractivity contribution in [1.82, 2.24) is 5.48 Å². The number of benzene rings is 1. The van der Waals surface area contributed by atoms with Crippen LogP contribution in [0.25, 0.3) is 0 Å². The Morgan fingerprint density at radius 1 is 1.00 bits per heavy atom. The molecule has 0 saturated heterocycles. The van der Waals surface area contributed by atoms with Crippen LogP contribution < -0.4 is 5.48 Å². The molecule has 0 aliphatic heterocycles. The molecule has 0 unspecified atom stereocenters. The molecule has 84 valence electrons. The van der Waals surface area contributed by atoms with Crippen LogP contribution in [0, 0.1) is 0 Å². The molecule has 1 aromatic rings. The number of hydrogen-bond acceptors (Lipinski definition) is 4. The van der Waals surface area contributed by atoms with Gasteiger partial charge in [0.25, 0.3) is 5.91 Å². The maximum absolute atomic E-state index is 11.1. The zero-order chi connectivity index (χ0) is 12.3. The fourth-order valence-corrected chi connectivity index (χ4v) is 1.11. The molecular formula is C9H7NO6. The number of carboxylic acid groups (broad SMARTS) is 2. The average molecular weight is 225 g/mol. The molecule has 0 saturated carbocycles. The zero-order valence-electron chi connectivity index (χ0n) is 7.80. The lowest BCUT2D eigenvalue weighted by Gasteiger charge is -2.04. The quantitative estimate of drug-likeness (QED) is 0.430. The molecule has 7 heteroatoms. The first kappa shape index (κ1) is 11.7. The van der Waals surface area contributed by atoms with Gasteiger partial charge in [-0.2, -0.15) is 0 Å². The van der Waals surface area contributed by atoms with E-state index in [9.17, 15) is 14.4 Å². The van der Waals surface area contributed by atoms with Crippen molar-refractivity contribution in [3.05, 3.63) is 34.9 Å². The first-order valence-electron chi connectivity index (χ1n) is 4.02. The minimum Gasteiger partial charge on any atom is -0.478 e. The summed E-state index contributed by atoms with van der Waals surface area (Å²) < 4.78 is 0. The van der Waals surface area contributed by atoms with Crippen LogP contribution in [0.3, 0.4) is 0 Å². The smallest absolute Gasteiger partial charge is 0.336 e. The Labute approximate surface area is 88.9 Å². The van der Waals surface area contributed by atoms with Gasteiger partial charge in [-0.15, -0.1) is 0 Å². The Hall–Kier alpha value is -2.41. The van der Waals surface area contributed by atoms with Gasteiger partial charge >= 0.3 is 11.9 Å². The molecule has 4 N–H and O–H groups in total. The first-order chi connectivity index (χ1) is 7.47. The fourth-order valence-electron chi connectivity index (χ4n) is 1.11. The highest BCUT2D eigenvalue weighted by Gasteiger charge is 2.18. The number of hydrogen-bond donors (Lipinski definition) is 4. The van der Waals surface area contributed by atoms with Crippen molar-refractivity contribution < 1.29 is 29.8 Å². The highest BCUT2D eigenvalue weighted by Crippen LogP contribution is 2.12. The highest BCUT2D eigenvalue weighted by atomic mass is 16.5. The van der Waals surface area contributed by atoms with Gasteiger partial charge in [-0.25, -0.2) is 15.1 Å². The molecule has 0 spiro atoms. The van der Waals surface area contributed by atoms with Crippen molar-refractivity contribution in [3.63, 3.8) is 0 Å². The molecule has 0 atom stereocenters. The first-order valence-corrected chi connectivity index (χ1v) is 4.02. The monoisotopic (exact) mass is 225 g/mol. The van der Waals surface area contributed by atoms with Gasteiger partial charge in [0.1, 0.15) is 0 Å². The maximum Gasteiger partial charge on any atom is 0.336 e. The summed E-state index contributed by atoms with van der Waals surface area (Å²) in [6, 6.07) is 2.91. The Bertz CT molecular complexity index is 467. The fraction of sp³-hybridized carbons (Fsp3) is 0. The van der Waals surface area contributed by atoms with E-state index in [0.717, 1.165) is 18.2 Å². The van der Waals surface area contributed by atoms with Gasteiger partial charge < -0.3 is 10.2 Å². The third kappa shape index (κ3) is 2.15. The third-order valence-electron chi connectivity index (χ3n) is 1.84. The van der Waals surface area contributed by atoms with Gasteiger partial charge in [0.15, 0.2) is 0 Å². The zero-order valence-corrected chi connectivity index (χ0v) is 7.80. The summed E-state index contributed by atoms with van der Waals surface area (Å²) in [4.78, 5) is 32.4. The number of nitrogens with one attached hydrogen (secondary N) is 1. The van der Waals surface area contributed by atoms with Gasteiger partial charge in [-0.05, 0) is 18.2 Å². The molecule has 0 aromatic heterocycles. The van der Waals surface area contributed by atoms with Gasteiger partial charge in [-0.3, -0.25) is 10.0 Å². The Kier molecular flexibility index (Phi) is 3.21. The summed E-state index contributed by atoms with van der Waals surface area (Å²) in [6.45, 7) is 0. The van der Waals surface area contributed by atoms with Crippen LogP contribution in [0.4, 0.5) is 0 Å². The summed E-state index contributed by atoms with van der Waals surface area (Å²) in [5.41, 5.74) is 0.187. The molecule has 0 aliphatic rings. The molecule has 0 heterocycles. The topological polar surface area (TPSA) is 124 Å². The van der Waals surface area contributed by atoms with Crippen molar-refractivity contribution in [1.29, 1.82) is 0 Å². The average Bonchev–Trinajstić information content (AvgIpc) is 2.26. The van der Waals surface area contributed by atoms with E-state index in [2.05, 4.69) is 0 Å². The number of hydroxylamine groups is 1. The Morgan fingerprint density at radius 2 is 1.62 bits per heavy atom. The summed E-state index contributed by atoms with van der Waals surface area (Å²) in [5, 5.41) is 25.8. The van der Waals surface area contributed by atoms with Gasteiger partial charge in [0.2, 0.25) is 0 Å². The SMILES string of the molecule is O=C(O)c1ccc(C(=O)O)c(C(=O)NO)c1. The normalized spacial score (nSPS) is 9.56. The number of amides is 1. The molecule has 7 nitrogen and oxygen atoms in total. The molecule has 16 heavy (non-hydrogen) atoms. The van der Waals surface area contributed by atoms with Gasteiger partial charge in [0, 0.05) is 0 Å². The molecule has 0 aliphatic carbocycles. The third-order valence-corrected chi connectivity index (χ3v) is 1.84.